The molecule has 0 aliphatic carbocycles. The molecule has 13 aromatic rings. The highest BCUT2D eigenvalue weighted by atomic mass is 16.3. The van der Waals surface area contributed by atoms with Crippen LogP contribution in [0.5, 0.6) is 0 Å². The minimum Gasteiger partial charge on any atom is -0.455 e. The summed E-state index contributed by atoms with van der Waals surface area (Å²) >= 11 is 0. The molecule has 0 spiro atoms. The van der Waals surface area contributed by atoms with E-state index in [-0.39, 0.29) is 0 Å². The molecule has 13 rings (SSSR count). The van der Waals surface area contributed by atoms with Gasteiger partial charge in [0.15, 0.2) is 11.2 Å². The molecule has 4 nitrogen and oxygen atoms in total. The molecule has 0 unspecified atom stereocenters. The number of hydrogen-bond acceptors (Lipinski definition) is 3. The average Bonchev–Trinajstić information content (AvgIpc) is 4.00. The minimum absolute atomic E-state index is 0.891. The lowest BCUT2D eigenvalue weighted by Crippen LogP contribution is -1.82. The topological polar surface area (TPSA) is 43.8 Å². The Balaban J connectivity index is 1.10. The largest absolute Gasteiger partial charge is 0.455 e. The zero-order chi connectivity index (χ0) is 33.7. The van der Waals surface area contributed by atoms with E-state index in [9.17, 15) is 0 Å². The number of hydrogen-bond donors (Lipinski definition) is 0. The smallest absolute Gasteiger partial charge is 0.160 e. The van der Waals surface area contributed by atoms with E-state index in [1.54, 1.807) is 0 Å². The summed E-state index contributed by atoms with van der Waals surface area (Å²) in [6.07, 6.45) is 0. The fourth-order valence-corrected chi connectivity index (χ4v) is 9.03. The molecule has 0 radical (unpaired) electrons. The van der Waals surface area contributed by atoms with Crippen LogP contribution in [0.1, 0.15) is 0 Å². The highest BCUT2D eigenvalue weighted by molar-refractivity contribution is 6.32. The summed E-state index contributed by atoms with van der Waals surface area (Å²) in [5.74, 6) is 0. The lowest BCUT2D eigenvalue weighted by Gasteiger charge is -2.07. The molecule has 240 valence electrons. The molecule has 0 saturated carbocycles. The van der Waals surface area contributed by atoms with Crippen molar-refractivity contribution >= 4 is 104 Å². The second-order valence-corrected chi connectivity index (χ2v) is 14.0. The fraction of sp³-hybridized carbons (Fsp3) is 0. The van der Waals surface area contributed by atoms with Crippen molar-refractivity contribution in [2.24, 2.45) is 0 Å². The van der Waals surface area contributed by atoms with Crippen molar-refractivity contribution in [3.8, 4) is 22.3 Å². The van der Waals surface area contributed by atoms with Crippen LogP contribution in [0.15, 0.2) is 165 Å². The number of fused-ring (bicyclic) bond motifs is 17. The van der Waals surface area contributed by atoms with Gasteiger partial charge in [-0.1, -0.05) is 109 Å². The van der Waals surface area contributed by atoms with E-state index < -0.39 is 0 Å². The molecule has 8 aromatic carbocycles. The highest BCUT2D eigenvalue weighted by Gasteiger charge is 2.25. The van der Waals surface area contributed by atoms with Crippen LogP contribution < -0.4 is 0 Å². The molecule has 0 aliphatic rings. The van der Waals surface area contributed by atoms with Crippen molar-refractivity contribution in [2.75, 3.05) is 0 Å². The van der Waals surface area contributed by atoms with Crippen molar-refractivity contribution in [3.05, 3.63) is 152 Å². The summed E-state index contributed by atoms with van der Waals surface area (Å²) < 4.78 is 22.2. The number of nitrogens with zero attached hydrogens (tertiary/aromatic N) is 1. The maximum Gasteiger partial charge on any atom is 0.160 e. The van der Waals surface area contributed by atoms with Gasteiger partial charge in [0, 0.05) is 59.4 Å². The van der Waals surface area contributed by atoms with E-state index in [2.05, 4.69) is 132 Å². The standard InChI is InChI=1S/C48H25NO3/c1-4-13-40-30(8-1)35-12-7-11-29(46(35)50-40)27-18-16-26(17-19-27)28-24-38-33-20-22-36-31-9-2-5-14-41(31)51-47(36)44(33)49-43(38)39(25-28)34-21-23-37-32-10-3-6-15-42(32)52-48(37)45(34)49/h1-25H. The molecule has 52 heavy (non-hydrogen) atoms. The number of aromatic nitrogens is 1. The van der Waals surface area contributed by atoms with E-state index >= 15 is 0 Å². The zero-order valence-corrected chi connectivity index (χ0v) is 27.6. The number of benzene rings is 8. The van der Waals surface area contributed by atoms with Gasteiger partial charge >= 0.3 is 0 Å². The summed E-state index contributed by atoms with van der Waals surface area (Å²) in [4.78, 5) is 0. The van der Waals surface area contributed by atoms with Gasteiger partial charge in [-0.15, -0.1) is 0 Å². The average molecular weight is 664 g/mol. The van der Waals surface area contributed by atoms with Crippen LogP contribution in [0, 0.1) is 0 Å². The predicted octanol–water partition coefficient (Wildman–Crippen LogP) is 13.9. The second kappa shape index (κ2) is 9.39. The molecule has 0 fully saturated rings. The molecule has 0 N–H and O–H groups in total. The van der Waals surface area contributed by atoms with Gasteiger partial charge in [-0.2, -0.15) is 0 Å². The van der Waals surface area contributed by atoms with Gasteiger partial charge in [0.2, 0.25) is 0 Å². The van der Waals surface area contributed by atoms with Crippen LogP contribution in [0.2, 0.25) is 0 Å². The number of furan rings is 3. The first-order valence-electron chi connectivity index (χ1n) is 17.7. The van der Waals surface area contributed by atoms with Gasteiger partial charge in [-0.3, -0.25) is 0 Å². The van der Waals surface area contributed by atoms with E-state index in [1.165, 1.54) is 16.3 Å². The van der Waals surface area contributed by atoms with Crippen LogP contribution in [-0.2, 0) is 0 Å². The first kappa shape index (κ1) is 26.8. The number of rotatable bonds is 2. The normalized spacial score (nSPS) is 12.6. The first-order chi connectivity index (χ1) is 25.8. The van der Waals surface area contributed by atoms with Gasteiger partial charge in [0.25, 0.3) is 0 Å². The van der Waals surface area contributed by atoms with Crippen LogP contribution in [-0.4, -0.2) is 4.40 Å². The summed E-state index contributed by atoms with van der Waals surface area (Å²) in [6, 6.07) is 53.9. The molecule has 0 bridgehead atoms. The second-order valence-electron chi connectivity index (χ2n) is 14.0. The van der Waals surface area contributed by atoms with Crippen molar-refractivity contribution < 1.29 is 13.3 Å². The molecule has 5 heterocycles. The van der Waals surface area contributed by atoms with Gasteiger partial charge in [-0.05, 0) is 59.2 Å². The zero-order valence-electron chi connectivity index (χ0n) is 27.6. The molecular formula is C48H25NO3. The molecule has 4 heteroatoms. The summed E-state index contributed by atoms with van der Waals surface area (Å²) in [5.41, 5.74) is 13.3. The maximum absolute atomic E-state index is 6.71. The molecule has 0 amide bonds. The Hall–Kier alpha value is -7.04. The number of para-hydroxylation sites is 4. The van der Waals surface area contributed by atoms with Crippen molar-refractivity contribution in [3.63, 3.8) is 0 Å². The van der Waals surface area contributed by atoms with E-state index in [1.807, 2.05) is 24.3 Å². The van der Waals surface area contributed by atoms with Crippen LogP contribution in [0.25, 0.3) is 126 Å². The van der Waals surface area contributed by atoms with Crippen LogP contribution in [0.3, 0.4) is 0 Å². The van der Waals surface area contributed by atoms with Crippen LogP contribution in [0.4, 0.5) is 0 Å². The molecule has 0 aliphatic heterocycles. The Labute approximate surface area is 294 Å². The molecular weight excluding hydrogens is 639 g/mol. The quantitative estimate of drug-likeness (QED) is 0.185. The predicted molar refractivity (Wildman–Crippen MR) is 214 cm³/mol. The van der Waals surface area contributed by atoms with Crippen molar-refractivity contribution in [2.45, 2.75) is 0 Å². The van der Waals surface area contributed by atoms with E-state index in [0.717, 1.165) is 110 Å². The van der Waals surface area contributed by atoms with Crippen molar-refractivity contribution in [1.82, 2.24) is 4.40 Å². The molecule has 0 saturated heterocycles. The SMILES string of the molecule is c1ccc2c(c1)oc1c(-c3ccc(-c4cc5c6ccc7c8ccccc8oc7c6n6c5c(c4)c4ccc5c7ccccc7oc5c46)cc3)cccc12. The summed E-state index contributed by atoms with van der Waals surface area (Å²) in [5, 5.41) is 11.5. The Bertz CT molecular complexity index is 3470. The van der Waals surface area contributed by atoms with Crippen LogP contribution >= 0.6 is 0 Å². The lowest BCUT2D eigenvalue weighted by atomic mass is 9.96. The van der Waals surface area contributed by atoms with Gasteiger partial charge < -0.3 is 17.7 Å². The Morgan fingerprint density at radius 1 is 0.288 bits per heavy atom. The molecule has 0 atom stereocenters. The Morgan fingerprint density at radius 2 is 0.731 bits per heavy atom. The maximum atomic E-state index is 6.71. The third kappa shape index (κ3) is 3.28. The monoisotopic (exact) mass is 663 g/mol. The molecule has 5 aromatic heterocycles. The first-order valence-corrected chi connectivity index (χ1v) is 17.7. The Kier molecular flexibility index (Phi) is 4.83. The van der Waals surface area contributed by atoms with E-state index in [0.29, 0.717) is 0 Å². The van der Waals surface area contributed by atoms with Crippen molar-refractivity contribution in [1.29, 1.82) is 0 Å². The minimum atomic E-state index is 0.891. The van der Waals surface area contributed by atoms with Gasteiger partial charge in [0.1, 0.15) is 22.3 Å². The fourth-order valence-electron chi connectivity index (χ4n) is 9.03. The lowest BCUT2D eigenvalue weighted by molar-refractivity contribution is 0.669. The van der Waals surface area contributed by atoms with Gasteiger partial charge in [-0.25, -0.2) is 0 Å². The summed E-state index contributed by atoms with van der Waals surface area (Å²) in [6.45, 7) is 0. The summed E-state index contributed by atoms with van der Waals surface area (Å²) in [7, 11) is 0. The third-order valence-electron chi connectivity index (χ3n) is 11.3. The highest BCUT2D eigenvalue weighted by Crippen LogP contribution is 2.48. The van der Waals surface area contributed by atoms with E-state index in [4.69, 9.17) is 13.3 Å². The Morgan fingerprint density at radius 3 is 1.29 bits per heavy atom. The van der Waals surface area contributed by atoms with Gasteiger partial charge in [0.05, 0.1) is 16.6 Å². The third-order valence-corrected chi connectivity index (χ3v) is 11.3.